The summed E-state index contributed by atoms with van der Waals surface area (Å²) >= 11 is 0. The fraction of sp³-hybridized carbons (Fsp3) is 0.467. The van der Waals surface area contributed by atoms with E-state index in [1.807, 2.05) is 48.7 Å². The average Bonchev–Trinajstić information content (AvgIpc) is 3.58. The maximum Gasteiger partial charge on any atom is 0.305 e. The van der Waals surface area contributed by atoms with E-state index in [0.29, 0.717) is 119 Å². The first-order valence-electron chi connectivity index (χ1n) is 20.4. The third-order valence-electron chi connectivity index (χ3n) is 9.26. The number of rotatable bonds is 30. The summed E-state index contributed by atoms with van der Waals surface area (Å²) in [4.78, 5) is 25.6. The van der Waals surface area contributed by atoms with Crippen LogP contribution >= 0.6 is 0 Å². The van der Waals surface area contributed by atoms with E-state index < -0.39 is 30.4 Å². The number of hydrogen-bond donors (Lipinski definition) is 5. The van der Waals surface area contributed by atoms with Crippen molar-refractivity contribution >= 4 is 17.6 Å². The van der Waals surface area contributed by atoms with Crippen LogP contribution in [0.3, 0.4) is 0 Å². The van der Waals surface area contributed by atoms with E-state index in [9.17, 15) is 24.2 Å². The molecule has 14 nitrogen and oxygen atoms in total. The number of hydrogen-bond acceptors (Lipinski definition) is 11. The smallest absolute Gasteiger partial charge is 0.305 e. The average molecular weight is 838 g/mol. The Balaban J connectivity index is 1.38. The summed E-state index contributed by atoms with van der Waals surface area (Å²) in [5, 5.41) is 33.2. The van der Waals surface area contributed by atoms with Gasteiger partial charge in [-0.1, -0.05) is 44.2 Å². The fourth-order valence-electron chi connectivity index (χ4n) is 6.60. The number of halogens is 1. The minimum atomic E-state index is -1.22. The van der Waals surface area contributed by atoms with Crippen molar-refractivity contribution in [2.75, 3.05) is 84.5 Å². The molecule has 0 saturated heterocycles. The van der Waals surface area contributed by atoms with E-state index >= 15 is 0 Å². The number of aliphatic hydroxyl groups excluding tert-OH is 2. The van der Waals surface area contributed by atoms with Gasteiger partial charge in [-0.05, 0) is 78.4 Å². The van der Waals surface area contributed by atoms with Gasteiger partial charge in [0.1, 0.15) is 18.2 Å². The zero-order chi connectivity index (χ0) is 43.1. The highest BCUT2D eigenvalue weighted by Gasteiger charge is 2.31. The number of nitrogens with two attached hydrogens (primary N) is 1. The number of anilines is 1. The number of carbonyl (C=O) groups excluding carboxylic acids is 1. The van der Waals surface area contributed by atoms with Crippen LogP contribution in [0.4, 0.5) is 10.1 Å². The van der Waals surface area contributed by atoms with Crippen LogP contribution in [0.5, 0.6) is 5.75 Å². The van der Waals surface area contributed by atoms with Crippen LogP contribution in [-0.4, -0.2) is 123 Å². The molecule has 0 aliphatic heterocycles. The van der Waals surface area contributed by atoms with Crippen molar-refractivity contribution in [3.63, 3.8) is 0 Å². The molecule has 328 valence electrons. The Bertz CT molecular complexity index is 1840. The van der Waals surface area contributed by atoms with Crippen molar-refractivity contribution in [3.05, 3.63) is 95.9 Å². The van der Waals surface area contributed by atoms with Crippen molar-refractivity contribution in [1.29, 1.82) is 0 Å². The Labute approximate surface area is 351 Å². The molecular formula is C45H60FN3O11. The summed E-state index contributed by atoms with van der Waals surface area (Å²) in [7, 11) is 0. The molecule has 0 saturated carbocycles. The minimum absolute atomic E-state index is 0.126. The van der Waals surface area contributed by atoms with E-state index in [0.717, 1.165) is 5.56 Å². The number of aromatic nitrogens is 1. The molecule has 0 radical (unpaired) electrons. The Morgan fingerprint density at radius 1 is 0.717 bits per heavy atom. The van der Waals surface area contributed by atoms with Gasteiger partial charge in [0.05, 0.1) is 96.0 Å². The molecular weight excluding hydrogens is 778 g/mol. The van der Waals surface area contributed by atoms with Gasteiger partial charge in [0.2, 0.25) is 0 Å². The lowest BCUT2D eigenvalue weighted by molar-refractivity contribution is -0.139. The zero-order valence-corrected chi connectivity index (χ0v) is 34.6. The van der Waals surface area contributed by atoms with Crippen LogP contribution in [0.25, 0.3) is 22.4 Å². The predicted octanol–water partition coefficient (Wildman–Crippen LogP) is 5.73. The number of carboxylic acid groups (broad SMARTS) is 1. The third kappa shape index (κ3) is 16.0. The molecule has 60 heavy (non-hydrogen) atoms. The molecule has 0 fully saturated rings. The summed E-state index contributed by atoms with van der Waals surface area (Å²) in [6.45, 7) is 9.59. The maximum atomic E-state index is 14.5. The second-order valence-electron chi connectivity index (χ2n) is 14.3. The second-order valence-corrected chi connectivity index (χ2v) is 14.3. The topological polar surface area (TPSA) is 193 Å². The molecule has 0 spiro atoms. The number of nitrogens with one attached hydrogen (secondary N) is 1. The molecule has 2 atom stereocenters. The molecule has 6 N–H and O–H groups in total. The number of amides is 1. The molecule has 0 aliphatic carbocycles. The number of nitrogens with zero attached hydrogens (tertiary/aromatic N) is 1. The van der Waals surface area contributed by atoms with Gasteiger partial charge >= 0.3 is 5.97 Å². The zero-order valence-electron chi connectivity index (χ0n) is 34.6. The lowest BCUT2D eigenvalue weighted by Gasteiger charge is -2.20. The summed E-state index contributed by atoms with van der Waals surface area (Å²) in [5.41, 5.74) is 9.77. The van der Waals surface area contributed by atoms with Crippen LogP contribution in [-0.2, 0) is 35.0 Å². The highest BCUT2D eigenvalue weighted by Crippen LogP contribution is 2.42. The molecule has 0 unspecified atom stereocenters. The molecule has 0 bridgehead atoms. The molecule has 1 amide bonds. The van der Waals surface area contributed by atoms with E-state index in [1.54, 1.807) is 36.4 Å². The lowest BCUT2D eigenvalue weighted by Crippen LogP contribution is -2.22. The molecule has 3 aromatic carbocycles. The number of carboxylic acids is 1. The summed E-state index contributed by atoms with van der Waals surface area (Å²) in [6, 6.07) is 22.5. The van der Waals surface area contributed by atoms with Gasteiger partial charge in [0.25, 0.3) is 5.91 Å². The first-order valence-corrected chi connectivity index (χ1v) is 20.4. The lowest BCUT2D eigenvalue weighted by atomic mass is 9.94. The molecule has 1 heterocycles. The van der Waals surface area contributed by atoms with Gasteiger partial charge in [-0.25, -0.2) is 4.39 Å². The number of aliphatic carboxylic acids is 1. The van der Waals surface area contributed by atoms with Crippen molar-refractivity contribution < 1.29 is 57.7 Å². The van der Waals surface area contributed by atoms with Crippen LogP contribution < -0.4 is 15.8 Å². The molecule has 1 aromatic heterocycles. The first kappa shape index (κ1) is 48.0. The summed E-state index contributed by atoms with van der Waals surface area (Å²) < 4.78 is 49.3. The summed E-state index contributed by atoms with van der Waals surface area (Å²) in [6.07, 6.45) is -2.68. The van der Waals surface area contributed by atoms with Crippen LogP contribution in [0.15, 0.2) is 78.9 Å². The minimum Gasteiger partial charge on any atom is -0.491 e. The number of benzene rings is 3. The monoisotopic (exact) mass is 837 g/mol. The summed E-state index contributed by atoms with van der Waals surface area (Å²) in [5.74, 6) is -1.51. The number of ether oxygens (including phenoxy) is 6. The van der Waals surface area contributed by atoms with Gasteiger partial charge in [0, 0.05) is 30.0 Å². The van der Waals surface area contributed by atoms with Gasteiger partial charge < -0.3 is 59.4 Å². The van der Waals surface area contributed by atoms with Gasteiger partial charge in [-0.2, -0.15) is 0 Å². The molecule has 4 rings (SSSR count). The van der Waals surface area contributed by atoms with Crippen LogP contribution in [0, 0.1) is 5.82 Å². The standard InChI is InChI=1S/C45H60FN3O11/c1-32(2)43-42(45(54)48-36-12-14-39(15-13-36)60-29-28-59-27-26-58-25-24-57-23-22-56-21-20-55-19-17-47)41(33-6-4-3-5-7-33)44(34-8-10-35(46)11-9-34)49(43)18-16-37(50)30-38(51)31-40(52)53/h3-15,32,37-38,50-51H,16-31,47H2,1-2H3,(H,48,54)(H,52,53)/t37-,38-/m1/s1. The first-order chi connectivity index (χ1) is 29.1. The molecule has 0 aliphatic rings. The number of carbonyl (C=O) groups is 2. The second kappa shape index (κ2) is 26.5. The van der Waals surface area contributed by atoms with E-state index in [4.69, 9.17) is 39.3 Å². The van der Waals surface area contributed by atoms with Crippen molar-refractivity contribution in [3.8, 4) is 28.1 Å². The van der Waals surface area contributed by atoms with Crippen molar-refractivity contribution in [2.45, 2.75) is 57.8 Å². The van der Waals surface area contributed by atoms with E-state index in [1.165, 1.54) is 12.1 Å². The normalized spacial score (nSPS) is 12.4. The molecule has 15 heteroatoms. The highest BCUT2D eigenvalue weighted by atomic mass is 19.1. The predicted molar refractivity (Wildman–Crippen MR) is 226 cm³/mol. The van der Waals surface area contributed by atoms with Crippen LogP contribution in [0.2, 0.25) is 0 Å². The SMILES string of the molecule is CC(C)c1c(C(=O)Nc2ccc(OCCOCCOCCOCCOCCOCCN)cc2)c(-c2ccccc2)c(-c2ccc(F)cc2)n1CC[C@@H](O)C[C@@H](O)CC(=O)O. The van der Waals surface area contributed by atoms with Crippen LogP contribution in [0.1, 0.15) is 55.1 Å². The maximum absolute atomic E-state index is 14.5. The van der Waals surface area contributed by atoms with Gasteiger partial charge in [0.15, 0.2) is 0 Å². The Morgan fingerprint density at radius 3 is 1.80 bits per heavy atom. The Hall–Kier alpha value is -4.71. The van der Waals surface area contributed by atoms with Gasteiger partial charge in [-0.3, -0.25) is 9.59 Å². The number of aliphatic hydroxyl groups is 2. The van der Waals surface area contributed by atoms with Crippen molar-refractivity contribution in [1.82, 2.24) is 4.57 Å². The Morgan fingerprint density at radius 2 is 1.27 bits per heavy atom. The Kier molecular flexibility index (Phi) is 21.2. The fourth-order valence-corrected chi connectivity index (χ4v) is 6.60. The van der Waals surface area contributed by atoms with Gasteiger partial charge in [-0.15, -0.1) is 0 Å². The van der Waals surface area contributed by atoms with E-state index in [-0.39, 0.29) is 31.2 Å². The van der Waals surface area contributed by atoms with E-state index in [2.05, 4.69) is 5.32 Å². The highest BCUT2D eigenvalue weighted by molar-refractivity contribution is 6.12. The largest absolute Gasteiger partial charge is 0.491 e. The quantitative estimate of drug-likeness (QED) is 0.0401. The van der Waals surface area contributed by atoms with Crippen molar-refractivity contribution in [2.24, 2.45) is 5.73 Å². The third-order valence-corrected chi connectivity index (χ3v) is 9.26. The molecule has 4 aromatic rings.